The molecule has 1 fully saturated rings. The molecule has 1 aromatic rings. The van der Waals surface area contributed by atoms with Crippen LogP contribution in [-0.2, 0) is 9.53 Å². The van der Waals surface area contributed by atoms with Crippen molar-refractivity contribution < 1.29 is 14.3 Å². The molecule has 5 heteroatoms. The lowest BCUT2D eigenvalue weighted by atomic mass is 9.90. The Kier molecular flexibility index (Phi) is 5.42. The molecule has 5 nitrogen and oxygen atoms in total. The number of aryl methyl sites for hydroxylation is 2. The SMILES string of the molecule is Cc1cccc(C)c1OCC(C)NC(=O)C1(N)CCOCC1. The van der Waals surface area contributed by atoms with Crippen LogP contribution in [0.25, 0.3) is 0 Å². The molecule has 0 aliphatic carbocycles. The summed E-state index contributed by atoms with van der Waals surface area (Å²) in [6, 6.07) is 5.94. The van der Waals surface area contributed by atoms with E-state index in [2.05, 4.69) is 5.32 Å². The van der Waals surface area contributed by atoms with Gasteiger partial charge in [-0.15, -0.1) is 0 Å². The molecule has 1 unspecified atom stereocenters. The fraction of sp³-hybridized carbons (Fsp3) is 0.588. The standard InChI is InChI=1S/C17H26N2O3/c1-12-5-4-6-13(2)15(12)22-11-14(3)19-16(20)17(18)7-9-21-10-8-17/h4-6,14H,7-11,18H2,1-3H3,(H,19,20). The number of ether oxygens (including phenoxy) is 2. The van der Waals surface area contributed by atoms with Crippen LogP contribution in [-0.4, -0.2) is 37.3 Å². The van der Waals surface area contributed by atoms with E-state index in [1.807, 2.05) is 39.0 Å². The number of carbonyl (C=O) groups is 1. The molecule has 1 saturated heterocycles. The van der Waals surface area contributed by atoms with E-state index >= 15 is 0 Å². The zero-order valence-electron chi connectivity index (χ0n) is 13.6. The first-order valence-corrected chi connectivity index (χ1v) is 7.79. The quantitative estimate of drug-likeness (QED) is 0.868. The summed E-state index contributed by atoms with van der Waals surface area (Å²) in [6.45, 7) is 7.46. The highest BCUT2D eigenvalue weighted by atomic mass is 16.5. The topological polar surface area (TPSA) is 73.6 Å². The van der Waals surface area contributed by atoms with Crippen molar-refractivity contribution in [3.63, 3.8) is 0 Å². The lowest BCUT2D eigenvalue weighted by molar-refractivity contribution is -0.130. The smallest absolute Gasteiger partial charge is 0.240 e. The Balaban J connectivity index is 1.87. The van der Waals surface area contributed by atoms with Gasteiger partial charge in [0.2, 0.25) is 5.91 Å². The van der Waals surface area contributed by atoms with Gasteiger partial charge in [-0.2, -0.15) is 0 Å². The summed E-state index contributed by atoms with van der Waals surface area (Å²) in [5, 5.41) is 2.95. The fourth-order valence-corrected chi connectivity index (χ4v) is 2.61. The highest BCUT2D eigenvalue weighted by Crippen LogP contribution is 2.22. The lowest BCUT2D eigenvalue weighted by Crippen LogP contribution is -2.58. The summed E-state index contributed by atoms with van der Waals surface area (Å²) in [6.07, 6.45) is 1.12. The minimum atomic E-state index is -0.814. The first-order chi connectivity index (χ1) is 10.4. The van der Waals surface area contributed by atoms with E-state index in [0.717, 1.165) is 16.9 Å². The van der Waals surface area contributed by atoms with Crippen LogP contribution in [0.15, 0.2) is 18.2 Å². The fourth-order valence-electron chi connectivity index (χ4n) is 2.61. The number of para-hydroxylation sites is 1. The van der Waals surface area contributed by atoms with Gasteiger partial charge >= 0.3 is 0 Å². The van der Waals surface area contributed by atoms with E-state index in [1.54, 1.807) is 0 Å². The van der Waals surface area contributed by atoms with E-state index in [4.69, 9.17) is 15.2 Å². The van der Waals surface area contributed by atoms with Gasteiger partial charge < -0.3 is 20.5 Å². The first-order valence-electron chi connectivity index (χ1n) is 7.79. The molecule has 1 aliphatic rings. The second-order valence-corrected chi connectivity index (χ2v) is 6.17. The van der Waals surface area contributed by atoms with Gasteiger partial charge in [0, 0.05) is 13.2 Å². The molecule has 0 bridgehead atoms. The summed E-state index contributed by atoms with van der Waals surface area (Å²) in [7, 11) is 0. The highest BCUT2D eigenvalue weighted by Gasteiger charge is 2.36. The van der Waals surface area contributed by atoms with Crippen LogP contribution >= 0.6 is 0 Å². The summed E-state index contributed by atoms with van der Waals surface area (Å²) < 4.78 is 11.1. The van der Waals surface area contributed by atoms with E-state index in [-0.39, 0.29) is 11.9 Å². The van der Waals surface area contributed by atoms with Crippen LogP contribution in [0.3, 0.4) is 0 Å². The molecule has 22 heavy (non-hydrogen) atoms. The number of nitrogens with two attached hydrogens (primary N) is 1. The van der Waals surface area contributed by atoms with E-state index < -0.39 is 5.54 Å². The number of amides is 1. The number of carbonyl (C=O) groups excluding carboxylic acids is 1. The van der Waals surface area contributed by atoms with Crippen LogP contribution in [0.2, 0.25) is 0 Å². The molecule has 1 atom stereocenters. The Morgan fingerprint density at radius 2 is 1.95 bits per heavy atom. The van der Waals surface area contributed by atoms with Crippen molar-refractivity contribution in [2.24, 2.45) is 5.73 Å². The van der Waals surface area contributed by atoms with Crippen LogP contribution in [0, 0.1) is 13.8 Å². The van der Waals surface area contributed by atoms with Gasteiger partial charge in [0.25, 0.3) is 0 Å². The Labute approximate surface area is 132 Å². The van der Waals surface area contributed by atoms with Crippen molar-refractivity contribution in [2.75, 3.05) is 19.8 Å². The Bertz CT molecular complexity index is 504. The Morgan fingerprint density at radius 1 is 1.36 bits per heavy atom. The average Bonchev–Trinajstić information content (AvgIpc) is 2.47. The molecule has 2 rings (SSSR count). The van der Waals surface area contributed by atoms with Gasteiger partial charge in [-0.25, -0.2) is 0 Å². The normalized spacial score (nSPS) is 18.5. The molecule has 1 amide bonds. The molecule has 0 spiro atoms. The summed E-state index contributed by atoms with van der Waals surface area (Å²) in [4.78, 5) is 12.3. The summed E-state index contributed by atoms with van der Waals surface area (Å²) in [5.41, 5.74) is 7.55. The van der Waals surface area contributed by atoms with Crippen molar-refractivity contribution in [3.05, 3.63) is 29.3 Å². The third kappa shape index (κ3) is 3.99. The molecule has 3 N–H and O–H groups in total. The van der Waals surface area contributed by atoms with Gasteiger partial charge in [0.1, 0.15) is 12.4 Å². The van der Waals surface area contributed by atoms with Gasteiger partial charge in [-0.05, 0) is 44.7 Å². The van der Waals surface area contributed by atoms with E-state index in [9.17, 15) is 4.79 Å². The van der Waals surface area contributed by atoms with Crippen LogP contribution in [0.5, 0.6) is 5.75 Å². The lowest BCUT2D eigenvalue weighted by Gasteiger charge is -2.33. The maximum atomic E-state index is 12.3. The minimum absolute atomic E-state index is 0.102. The van der Waals surface area contributed by atoms with Crippen molar-refractivity contribution in [3.8, 4) is 5.75 Å². The number of benzene rings is 1. The summed E-state index contributed by atoms with van der Waals surface area (Å²) in [5.74, 6) is 0.769. The zero-order chi connectivity index (χ0) is 16.2. The number of hydrogen-bond acceptors (Lipinski definition) is 4. The van der Waals surface area contributed by atoms with Gasteiger partial charge in [0.15, 0.2) is 0 Å². The molecular weight excluding hydrogens is 280 g/mol. The molecule has 0 aromatic heterocycles. The number of hydrogen-bond donors (Lipinski definition) is 2. The maximum absolute atomic E-state index is 12.3. The van der Waals surface area contributed by atoms with E-state index in [0.29, 0.717) is 32.7 Å². The molecule has 1 heterocycles. The minimum Gasteiger partial charge on any atom is -0.491 e. The summed E-state index contributed by atoms with van der Waals surface area (Å²) >= 11 is 0. The number of nitrogens with one attached hydrogen (secondary N) is 1. The number of rotatable bonds is 5. The van der Waals surface area contributed by atoms with Gasteiger partial charge in [0.05, 0.1) is 11.6 Å². The third-order valence-electron chi connectivity index (χ3n) is 4.10. The second-order valence-electron chi connectivity index (χ2n) is 6.17. The second kappa shape index (κ2) is 7.11. The van der Waals surface area contributed by atoms with Crippen LogP contribution < -0.4 is 15.8 Å². The van der Waals surface area contributed by atoms with Crippen molar-refractivity contribution in [1.82, 2.24) is 5.32 Å². The molecular formula is C17H26N2O3. The largest absolute Gasteiger partial charge is 0.491 e. The highest BCUT2D eigenvalue weighted by molar-refractivity contribution is 5.86. The third-order valence-corrected chi connectivity index (χ3v) is 4.10. The first kappa shape index (κ1) is 16.8. The van der Waals surface area contributed by atoms with E-state index in [1.165, 1.54) is 0 Å². The van der Waals surface area contributed by atoms with Gasteiger partial charge in [-0.3, -0.25) is 4.79 Å². The zero-order valence-corrected chi connectivity index (χ0v) is 13.6. The van der Waals surface area contributed by atoms with Crippen molar-refractivity contribution in [1.29, 1.82) is 0 Å². The molecule has 1 aromatic carbocycles. The molecule has 0 saturated carbocycles. The molecule has 122 valence electrons. The van der Waals surface area contributed by atoms with Crippen molar-refractivity contribution >= 4 is 5.91 Å². The molecule has 1 aliphatic heterocycles. The monoisotopic (exact) mass is 306 g/mol. The average molecular weight is 306 g/mol. The Hall–Kier alpha value is -1.59. The Morgan fingerprint density at radius 3 is 2.55 bits per heavy atom. The predicted molar refractivity (Wildman–Crippen MR) is 86.0 cm³/mol. The predicted octanol–water partition coefficient (Wildman–Crippen LogP) is 1.69. The molecule has 0 radical (unpaired) electrons. The van der Waals surface area contributed by atoms with Crippen LogP contribution in [0.1, 0.15) is 30.9 Å². The van der Waals surface area contributed by atoms with Crippen LogP contribution in [0.4, 0.5) is 0 Å². The van der Waals surface area contributed by atoms with Crippen molar-refractivity contribution in [2.45, 2.75) is 45.2 Å². The van der Waals surface area contributed by atoms with Gasteiger partial charge in [-0.1, -0.05) is 18.2 Å². The maximum Gasteiger partial charge on any atom is 0.240 e.